The lowest BCUT2D eigenvalue weighted by Crippen LogP contribution is -2.57. The maximum absolute atomic E-state index is 13.9. The van der Waals surface area contributed by atoms with E-state index in [1.54, 1.807) is 24.4 Å². The van der Waals surface area contributed by atoms with Crippen molar-refractivity contribution in [2.24, 2.45) is 11.8 Å². The number of carboxylic acid groups (broad SMARTS) is 1. The molecule has 0 aliphatic carbocycles. The number of halogens is 1. The third-order valence-electron chi connectivity index (χ3n) is 7.54. The number of rotatable bonds is 5. The van der Waals surface area contributed by atoms with Gasteiger partial charge in [-0.15, -0.1) is 0 Å². The number of nitrogens with zero attached hydrogens (tertiary/aromatic N) is 1. The molecule has 0 bridgehead atoms. The number of hydrogen-bond acceptors (Lipinski definition) is 5. The molecule has 2 aliphatic rings. The minimum atomic E-state index is -1.86. The van der Waals surface area contributed by atoms with E-state index < -0.39 is 47.0 Å². The van der Waals surface area contributed by atoms with Crippen molar-refractivity contribution in [3.8, 4) is 5.75 Å². The number of carbonyl (C=O) groups excluding carboxylic acids is 2. The van der Waals surface area contributed by atoms with Gasteiger partial charge in [-0.05, 0) is 42.0 Å². The molecule has 3 heterocycles. The summed E-state index contributed by atoms with van der Waals surface area (Å²) in [6.45, 7) is 0. The van der Waals surface area contributed by atoms with E-state index in [-0.39, 0.29) is 17.9 Å². The summed E-state index contributed by atoms with van der Waals surface area (Å²) < 4.78 is 13.6. The van der Waals surface area contributed by atoms with Gasteiger partial charge in [0.05, 0.1) is 17.5 Å². The van der Waals surface area contributed by atoms with Crippen LogP contribution in [-0.4, -0.2) is 38.5 Å². The number of para-hydroxylation sites is 2. The highest BCUT2D eigenvalue weighted by Crippen LogP contribution is 2.52. The first-order valence-electron chi connectivity index (χ1n) is 11.8. The third-order valence-corrected chi connectivity index (χ3v) is 7.54. The van der Waals surface area contributed by atoms with Gasteiger partial charge in [0.25, 0.3) is 0 Å². The van der Waals surface area contributed by atoms with E-state index in [4.69, 9.17) is 0 Å². The minimum Gasteiger partial charge on any atom is -0.508 e. The number of anilines is 1. The fourth-order valence-electron chi connectivity index (χ4n) is 5.88. The highest BCUT2D eigenvalue weighted by Gasteiger charge is 2.69. The van der Waals surface area contributed by atoms with Crippen LogP contribution in [0.4, 0.5) is 10.1 Å². The Morgan fingerprint density at radius 1 is 0.973 bits per heavy atom. The number of phenolic OH excluding ortho intramolecular Hbond substituents is 1. The molecule has 4 atom stereocenters. The number of phenols is 1. The number of imide groups is 1. The first-order valence-corrected chi connectivity index (χ1v) is 11.8. The second-order valence-corrected chi connectivity index (χ2v) is 9.49. The summed E-state index contributed by atoms with van der Waals surface area (Å²) in [4.78, 5) is 44.8. The average molecular weight is 499 g/mol. The lowest BCUT2D eigenvalue weighted by molar-refractivity contribution is -0.148. The number of amides is 2. The van der Waals surface area contributed by atoms with Gasteiger partial charge in [-0.2, -0.15) is 0 Å². The zero-order valence-electron chi connectivity index (χ0n) is 19.4. The second-order valence-electron chi connectivity index (χ2n) is 9.49. The summed E-state index contributed by atoms with van der Waals surface area (Å²) in [6.07, 6.45) is 1.62. The largest absolute Gasteiger partial charge is 0.508 e. The number of aromatic nitrogens is 1. The Morgan fingerprint density at radius 2 is 1.68 bits per heavy atom. The van der Waals surface area contributed by atoms with Gasteiger partial charge in [-0.1, -0.05) is 36.4 Å². The summed E-state index contributed by atoms with van der Waals surface area (Å²) >= 11 is 0. The van der Waals surface area contributed by atoms with E-state index in [1.165, 1.54) is 18.2 Å². The summed E-state index contributed by atoms with van der Waals surface area (Å²) in [5.74, 6) is -5.61. The molecular weight excluding hydrogens is 477 g/mol. The molecule has 4 N–H and O–H groups in total. The molecule has 2 saturated heterocycles. The summed E-state index contributed by atoms with van der Waals surface area (Å²) in [6, 6.07) is 17.7. The van der Waals surface area contributed by atoms with Gasteiger partial charge in [-0.25, -0.2) is 9.29 Å². The number of aromatic hydroxyl groups is 1. The Bertz CT molecular complexity index is 1570. The molecular formula is C28H22FN3O5. The Balaban J connectivity index is 1.52. The molecule has 0 spiro atoms. The van der Waals surface area contributed by atoms with Crippen LogP contribution < -0.4 is 10.2 Å². The Kier molecular flexibility index (Phi) is 5.13. The minimum absolute atomic E-state index is 0.0894. The highest BCUT2D eigenvalue weighted by molar-refractivity contribution is 6.24. The molecule has 2 amide bonds. The van der Waals surface area contributed by atoms with Gasteiger partial charge < -0.3 is 15.2 Å². The highest BCUT2D eigenvalue weighted by atomic mass is 19.1. The SMILES string of the molecule is O=C1C2C(c3ccccc3O)NC(Cc3c[nH]c4ccccc34)(C(=O)O)C2C(=O)N1c1ccc(F)cc1. The van der Waals surface area contributed by atoms with Crippen LogP contribution in [0.1, 0.15) is 17.2 Å². The van der Waals surface area contributed by atoms with Crippen LogP contribution in [0, 0.1) is 17.7 Å². The van der Waals surface area contributed by atoms with Crippen LogP contribution >= 0.6 is 0 Å². The number of carbonyl (C=O) groups is 3. The van der Waals surface area contributed by atoms with Crippen molar-refractivity contribution in [2.45, 2.75) is 18.0 Å². The summed E-state index contributed by atoms with van der Waals surface area (Å²) in [5.41, 5.74) is 0.105. The predicted molar refractivity (Wildman–Crippen MR) is 132 cm³/mol. The number of H-pyrrole nitrogens is 1. The van der Waals surface area contributed by atoms with Crippen molar-refractivity contribution in [1.29, 1.82) is 0 Å². The first kappa shape index (κ1) is 22.9. The van der Waals surface area contributed by atoms with Crippen molar-refractivity contribution >= 4 is 34.4 Å². The summed E-state index contributed by atoms with van der Waals surface area (Å²) in [7, 11) is 0. The number of nitrogens with one attached hydrogen (secondary N) is 2. The predicted octanol–water partition coefficient (Wildman–Crippen LogP) is 3.53. The standard InChI is InChI=1S/C28H22FN3O5/c29-16-9-11-17(12-10-16)32-25(34)22-23(26(32)35)28(27(36)37,31-24(22)19-6-2-4-8-21(19)33)13-15-14-30-20-7-3-1-5-18(15)20/h1-12,14,22-24,30-31,33H,13H2,(H,36,37). The van der Waals surface area contributed by atoms with Gasteiger partial charge >= 0.3 is 5.97 Å². The summed E-state index contributed by atoms with van der Waals surface area (Å²) in [5, 5.41) is 25.2. The van der Waals surface area contributed by atoms with E-state index >= 15 is 0 Å². The average Bonchev–Trinajstić information content (AvgIpc) is 3.53. The van der Waals surface area contributed by atoms with Crippen molar-refractivity contribution in [3.05, 3.63) is 95.9 Å². The number of hydrogen-bond donors (Lipinski definition) is 4. The van der Waals surface area contributed by atoms with Crippen molar-refractivity contribution < 1.29 is 29.0 Å². The zero-order valence-corrected chi connectivity index (χ0v) is 19.4. The maximum Gasteiger partial charge on any atom is 0.325 e. The molecule has 4 aromatic rings. The molecule has 2 fully saturated rings. The Morgan fingerprint density at radius 3 is 2.41 bits per heavy atom. The Hall–Kier alpha value is -4.50. The van der Waals surface area contributed by atoms with Crippen LogP contribution in [0.15, 0.2) is 79.0 Å². The first-order chi connectivity index (χ1) is 17.8. The van der Waals surface area contributed by atoms with Crippen LogP contribution in [0.25, 0.3) is 10.9 Å². The second kappa shape index (κ2) is 8.28. The third kappa shape index (κ3) is 3.35. The molecule has 4 unspecified atom stereocenters. The smallest absolute Gasteiger partial charge is 0.325 e. The maximum atomic E-state index is 13.9. The van der Waals surface area contributed by atoms with Gasteiger partial charge in [0, 0.05) is 35.1 Å². The molecule has 0 saturated carbocycles. The fourth-order valence-corrected chi connectivity index (χ4v) is 5.88. The molecule has 0 radical (unpaired) electrons. The molecule has 186 valence electrons. The molecule has 6 rings (SSSR count). The van der Waals surface area contributed by atoms with Crippen molar-refractivity contribution in [2.75, 3.05) is 4.90 Å². The van der Waals surface area contributed by atoms with Crippen LogP contribution in [0.2, 0.25) is 0 Å². The van der Waals surface area contributed by atoms with E-state index in [1.807, 2.05) is 24.3 Å². The molecule has 1 aromatic heterocycles. The van der Waals surface area contributed by atoms with Crippen LogP contribution in [-0.2, 0) is 20.8 Å². The quantitative estimate of drug-likeness (QED) is 0.312. The van der Waals surface area contributed by atoms with Gasteiger partial charge in [-0.3, -0.25) is 19.7 Å². The zero-order chi connectivity index (χ0) is 25.9. The lowest BCUT2D eigenvalue weighted by atomic mass is 9.76. The fraction of sp³-hybridized carbons (Fsp3) is 0.179. The van der Waals surface area contributed by atoms with Crippen molar-refractivity contribution in [1.82, 2.24) is 10.3 Å². The number of carboxylic acids is 1. The molecule has 2 aliphatic heterocycles. The van der Waals surface area contributed by atoms with Crippen molar-refractivity contribution in [3.63, 3.8) is 0 Å². The van der Waals surface area contributed by atoms with E-state index in [2.05, 4.69) is 10.3 Å². The number of benzene rings is 3. The topological polar surface area (TPSA) is 123 Å². The number of aromatic amines is 1. The van der Waals surface area contributed by atoms with Gasteiger partial charge in [0.2, 0.25) is 11.8 Å². The monoisotopic (exact) mass is 499 g/mol. The normalized spacial score (nSPS) is 25.1. The Labute approximate surface area is 210 Å². The molecule has 8 nitrogen and oxygen atoms in total. The van der Waals surface area contributed by atoms with Gasteiger partial charge in [0.15, 0.2) is 0 Å². The van der Waals surface area contributed by atoms with Gasteiger partial charge in [0.1, 0.15) is 17.1 Å². The number of fused-ring (bicyclic) bond motifs is 2. The number of aliphatic carboxylic acids is 1. The lowest BCUT2D eigenvalue weighted by Gasteiger charge is -2.31. The van der Waals surface area contributed by atoms with Crippen LogP contribution in [0.5, 0.6) is 5.75 Å². The molecule has 37 heavy (non-hydrogen) atoms. The van der Waals surface area contributed by atoms with E-state index in [0.29, 0.717) is 11.1 Å². The molecule has 3 aromatic carbocycles. The van der Waals surface area contributed by atoms with E-state index in [9.17, 15) is 29.0 Å². The van der Waals surface area contributed by atoms with Crippen LogP contribution in [0.3, 0.4) is 0 Å². The molecule has 9 heteroatoms. The van der Waals surface area contributed by atoms with E-state index in [0.717, 1.165) is 27.9 Å².